The highest BCUT2D eigenvalue weighted by Gasteiger charge is 2.14. The van der Waals surface area contributed by atoms with Gasteiger partial charge in [-0.05, 0) is 53.8 Å². The van der Waals surface area contributed by atoms with Crippen molar-refractivity contribution in [3.05, 3.63) is 72.2 Å². The van der Waals surface area contributed by atoms with Gasteiger partial charge in [-0.2, -0.15) is 0 Å². The average molecular weight is 387 g/mol. The minimum Gasteiger partial charge on any atom is -0.496 e. The third-order valence-electron chi connectivity index (χ3n) is 4.97. The van der Waals surface area contributed by atoms with Gasteiger partial charge in [-0.25, -0.2) is 9.50 Å². The zero-order chi connectivity index (χ0) is 20.2. The van der Waals surface area contributed by atoms with Gasteiger partial charge in [-0.1, -0.05) is 26.0 Å². The molecule has 29 heavy (non-hydrogen) atoms. The van der Waals surface area contributed by atoms with Crippen LogP contribution in [-0.4, -0.2) is 33.2 Å². The Morgan fingerprint density at radius 3 is 2.76 bits per heavy atom. The monoisotopic (exact) mass is 387 g/mol. The molecule has 6 heteroatoms. The van der Waals surface area contributed by atoms with Crippen molar-refractivity contribution in [2.45, 2.75) is 26.2 Å². The molecule has 0 aliphatic rings. The summed E-state index contributed by atoms with van der Waals surface area (Å²) in [5, 5.41) is 8.16. The van der Waals surface area contributed by atoms with E-state index in [0.717, 1.165) is 41.4 Å². The first-order valence-electron chi connectivity index (χ1n) is 9.81. The van der Waals surface area contributed by atoms with Crippen LogP contribution in [0, 0.1) is 0 Å². The van der Waals surface area contributed by atoms with E-state index in [1.165, 1.54) is 11.1 Å². The van der Waals surface area contributed by atoms with Crippen LogP contribution >= 0.6 is 0 Å². The molecule has 0 bridgehead atoms. The molecule has 3 heterocycles. The third-order valence-corrected chi connectivity index (χ3v) is 4.97. The van der Waals surface area contributed by atoms with Crippen molar-refractivity contribution in [1.82, 2.24) is 19.6 Å². The molecule has 3 aromatic heterocycles. The summed E-state index contributed by atoms with van der Waals surface area (Å²) >= 11 is 0. The molecule has 0 saturated heterocycles. The predicted octanol–water partition coefficient (Wildman–Crippen LogP) is 4.58. The Morgan fingerprint density at radius 2 is 2.00 bits per heavy atom. The number of methoxy groups -OCH3 is 1. The van der Waals surface area contributed by atoms with Crippen LogP contribution in [0.15, 0.2) is 61.1 Å². The molecule has 0 radical (unpaired) electrons. The van der Waals surface area contributed by atoms with Crippen LogP contribution < -0.4 is 10.1 Å². The third kappa shape index (κ3) is 4.06. The van der Waals surface area contributed by atoms with Gasteiger partial charge < -0.3 is 10.1 Å². The molecule has 4 rings (SSSR count). The predicted molar refractivity (Wildman–Crippen MR) is 115 cm³/mol. The fraction of sp³-hybridized carbons (Fsp3) is 0.261. The van der Waals surface area contributed by atoms with Gasteiger partial charge in [0, 0.05) is 24.5 Å². The van der Waals surface area contributed by atoms with Crippen LogP contribution in [0.2, 0.25) is 0 Å². The first kappa shape index (κ1) is 18.9. The molecular formula is C23H25N5O. The minimum atomic E-state index is 0.427. The van der Waals surface area contributed by atoms with Crippen molar-refractivity contribution in [3.8, 4) is 17.0 Å². The molecule has 1 N–H and O–H groups in total. The number of nitrogens with one attached hydrogen (secondary N) is 1. The molecule has 0 unspecified atom stereocenters. The molecular weight excluding hydrogens is 362 g/mol. The van der Waals surface area contributed by atoms with Gasteiger partial charge in [-0.15, -0.1) is 5.10 Å². The number of nitrogens with zero attached hydrogens (tertiary/aromatic N) is 4. The van der Waals surface area contributed by atoms with E-state index < -0.39 is 0 Å². The Balaban J connectivity index is 1.63. The van der Waals surface area contributed by atoms with Crippen molar-refractivity contribution >= 4 is 11.5 Å². The zero-order valence-electron chi connectivity index (χ0n) is 17.0. The SMILES string of the molecule is COc1ccc(C(C)C)cc1-c1cnc2ccc(NCCc3cccnc3)nn12. The Morgan fingerprint density at radius 1 is 1.10 bits per heavy atom. The first-order valence-corrected chi connectivity index (χ1v) is 9.81. The van der Waals surface area contributed by atoms with E-state index in [1.54, 1.807) is 13.3 Å². The highest BCUT2D eigenvalue weighted by molar-refractivity contribution is 5.71. The number of imidazole rings is 1. The van der Waals surface area contributed by atoms with E-state index in [-0.39, 0.29) is 0 Å². The van der Waals surface area contributed by atoms with E-state index in [0.29, 0.717) is 5.92 Å². The second kappa shape index (κ2) is 8.31. The van der Waals surface area contributed by atoms with Gasteiger partial charge in [0.05, 0.1) is 19.0 Å². The Kier molecular flexibility index (Phi) is 5.42. The maximum atomic E-state index is 5.61. The average Bonchev–Trinajstić information content (AvgIpc) is 3.17. The summed E-state index contributed by atoms with van der Waals surface area (Å²) in [6, 6.07) is 14.2. The largest absolute Gasteiger partial charge is 0.496 e. The number of aromatic nitrogens is 4. The summed E-state index contributed by atoms with van der Waals surface area (Å²) in [4.78, 5) is 8.68. The smallest absolute Gasteiger partial charge is 0.154 e. The number of pyridine rings is 1. The number of ether oxygens (including phenoxy) is 1. The molecule has 0 amide bonds. The summed E-state index contributed by atoms with van der Waals surface area (Å²) in [6.07, 6.45) is 6.41. The zero-order valence-corrected chi connectivity index (χ0v) is 17.0. The second-order valence-corrected chi connectivity index (χ2v) is 7.28. The summed E-state index contributed by atoms with van der Waals surface area (Å²) < 4.78 is 7.48. The fourth-order valence-electron chi connectivity index (χ4n) is 3.32. The van der Waals surface area contributed by atoms with Gasteiger partial charge in [0.1, 0.15) is 11.6 Å². The van der Waals surface area contributed by atoms with E-state index >= 15 is 0 Å². The van der Waals surface area contributed by atoms with Gasteiger partial charge in [-0.3, -0.25) is 4.98 Å². The van der Waals surface area contributed by atoms with Crippen molar-refractivity contribution in [2.75, 3.05) is 19.0 Å². The number of hydrogen-bond donors (Lipinski definition) is 1. The summed E-state index contributed by atoms with van der Waals surface area (Å²) in [7, 11) is 1.69. The normalized spacial score (nSPS) is 11.2. The molecule has 0 atom stereocenters. The first-order chi connectivity index (χ1) is 14.2. The molecule has 4 aromatic rings. The Labute approximate surface area is 170 Å². The fourth-order valence-corrected chi connectivity index (χ4v) is 3.32. The summed E-state index contributed by atoms with van der Waals surface area (Å²) in [6.45, 7) is 5.14. The molecule has 0 saturated carbocycles. The molecule has 148 valence electrons. The number of rotatable bonds is 7. The lowest BCUT2D eigenvalue weighted by molar-refractivity contribution is 0.416. The molecule has 6 nitrogen and oxygen atoms in total. The Bertz CT molecular complexity index is 1100. The summed E-state index contributed by atoms with van der Waals surface area (Å²) in [5.41, 5.74) is 5.15. The van der Waals surface area contributed by atoms with Crippen LogP contribution in [-0.2, 0) is 6.42 Å². The summed E-state index contributed by atoms with van der Waals surface area (Å²) in [5.74, 6) is 2.05. The van der Waals surface area contributed by atoms with Crippen LogP contribution in [0.3, 0.4) is 0 Å². The van der Waals surface area contributed by atoms with Gasteiger partial charge in [0.25, 0.3) is 0 Å². The van der Waals surface area contributed by atoms with Crippen molar-refractivity contribution < 1.29 is 4.74 Å². The van der Waals surface area contributed by atoms with Gasteiger partial charge >= 0.3 is 0 Å². The standard InChI is InChI=1S/C23H25N5O/c1-16(2)18-6-7-21(29-3)19(13-18)20-15-26-23-9-8-22(27-28(20)23)25-12-10-17-5-4-11-24-14-17/h4-9,11,13-16H,10,12H2,1-3H3,(H,25,27). The van der Waals surface area contributed by atoms with Crippen LogP contribution in [0.1, 0.15) is 30.9 Å². The highest BCUT2D eigenvalue weighted by Crippen LogP contribution is 2.33. The highest BCUT2D eigenvalue weighted by atomic mass is 16.5. The lowest BCUT2D eigenvalue weighted by Gasteiger charge is -2.13. The van der Waals surface area contributed by atoms with Crippen LogP contribution in [0.5, 0.6) is 5.75 Å². The maximum absolute atomic E-state index is 5.61. The van der Waals surface area contributed by atoms with Gasteiger partial charge in [0.15, 0.2) is 5.65 Å². The van der Waals surface area contributed by atoms with Crippen molar-refractivity contribution in [2.24, 2.45) is 0 Å². The van der Waals surface area contributed by atoms with Crippen molar-refractivity contribution in [1.29, 1.82) is 0 Å². The Hall–Kier alpha value is -3.41. The lowest BCUT2D eigenvalue weighted by atomic mass is 9.99. The number of benzene rings is 1. The van der Waals surface area contributed by atoms with E-state index in [2.05, 4.69) is 47.3 Å². The second-order valence-electron chi connectivity index (χ2n) is 7.28. The quantitative estimate of drug-likeness (QED) is 0.503. The van der Waals surface area contributed by atoms with Crippen LogP contribution in [0.4, 0.5) is 5.82 Å². The maximum Gasteiger partial charge on any atom is 0.154 e. The number of anilines is 1. The van der Waals surface area contributed by atoms with Crippen molar-refractivity contribution in [3.63, 3.8) is 0 Å². The minimum absolute atomic E-state index is 0.427. The van der Waals surface area contributed by atoms with Gasteiger partial charge in [0.2, 0.25) is 0 Å². The molecule has 1 aromatic carbocycles. The van der Waals surface area contributed by atoms with Crippen LogP contribution in [0.25, 0.3) is 16.9 Å². The van der Waals surface area contributed by atoms with E-state index in [9.17, 15) is 0 Å². The molecule has 0 aliphatic carbocycles. The topological polar surface area (TPSA) is 64.3 Å². The van der Waals surface area contributed by atoms with E-state index in [4.69, 9.17) is 9.84 Å². The lowest BCUT2D eigenvalue weighted by Crippen LogP contribution is -2.08. The van der Waals surface area contributed by atoms with E-state index in [1.807, 2.05) is 41.2 Å². The molecule has 0 aliphatic heterocycles. The number of hydrogen-bond acceptors (Lipinski definition) is 5. The molecule has 0 fully saturated rings. The molecule has 0 spiro atoms. The number of fused-ring (bicyclic) bond motifs is 1.